The fourth-order valence-corrected chi connectivity index (χ4v) is 3.06. The van der Waals surface area contributed by atoms with Gasteiger partial charge in [0.2, 0.25) is 0 Å². The fraction of sp³-hybridized carbons (Fsp3) is 1.00. The molecule has 0 rings (SSSR count). The highest BCUT2D eigenvalue weighted by molar-refractivity contribution is 7.33. The van der Waals surface area contributed by atoms with Crippen LogP contribution in [-0.2, 0) is 13.6 Å². The van der Waals surface area contributed by atoms with Crippen LogP contribution < -0.4 is 0 Å². The molecule has 0 aliphatic carbocycles. The molecule has 0 spiro atoms. The summed E-state index contributed by atoms with van der Waals surface area (Å²) < 4.78 is 22.5. The predicted octanol–water partition coefficient (Wildman–Crippen LogP) is 6.25. The van der Waals surface area contributed by atoms with Crippen molar-refractivity contribution >= 4 is 8.25 Å². The monoisotopic (exact) mass is 305 g/mol. The third-order valence-corrected chi connectivity index (χ3v) is 4.96. The van der Waals surface area contributed by atoms with Crippen LogP contribution in [0.1, 0.15) is 85.5 Å². The third-order valence-electron chi connectivity index (χ3n) is 4.23. The number of unbranched alkanes of at least 4 members (excludes halogenated alkanes) is 4. The summed E-state index contributed by atoms with van der Waals surface area (Å²) in [6.07, 6.45) is 10.2. The lowest BCUT2D eigenvalue weighted by molar-refractivity contribution is 0.106. The summed E-state index contributed by atoms with van der Waals surface area (Å²) in [6.45, 7) is 9.88. The highest BCUT2D eigenvalue weighted by Gasteiger charge is 2.32. The number of rotatable bonds is 14. The molecule has 0 aliphatic heterocycles. The number of hydrogen-bond acceptors (Lipinski definition) is 3. The average molecular weight is 305 g/mol. The first-order valence-electron chi connectivity index (χ1n) is 8.37. The van der Waals surface area contributed by atoms with Crippen LogP contribution in [0.5, 0.6) is 0 Å². The van der Waals surface area contributed by atoms with Crippen molar-refractivity contribution in [3.05, 3.63) is 0 Å². The Morgan fingerprint density at radius 2 is 1.50 bits per heavy atom. The minimum absolute atomic E-state index is 0.173. The Kier molecular flexibility index (Phi) is 12.8. The Morgan fingerprint density at radius 3 is 2.05 bits per heavy atom. The molecular formula is C16H34O3P+. The first-order chi connectivity index (χ1) is 9.64. The van der Waals surface area contributed by atoms with Crippen LogP contribution >= 0.6 is 8.25 Å². The molecule has 0 heterocycles. The highest BCUT2D eigenvalue weighted by Crippen LogP contribution is 2.37. The first-order valence-corrected chi connectivity index (χ1v) is 9.46. The average Bonchev–Trinajstić information content (AvgIpc) is 2.48. The number of hydrogen-bond donors (Lipinski definition) is 0. The summed E-state index contributed by atoms with van der Waals surface area (Å²) in [7, 11) is -1.94. The van der Waals surface area contributed by atoms with Crippen molar-refractivity contribution in [1.29, 1.82) is 0 Å². The van der Waals surface area contributed by atoms with Crippen molar-refractivity contribution in [2.24, 2.45) is 5.41 Å². The molecule has 1 unspecified atom stereocenters. The highest BCUT2D eigenvalue weighted by atomic mass is 31.1. The minimum Gasteiger partial charge on any atom is -0.119 e. The van der Waals surface area contributed by atoms with Crippen molar-refractivity contribution in [1.82, 2.24) is 0 Å². The van der Waals surface area contributed by atoms with Crippen LogP contribution in [0.15, 0.2) is 0 Å². The van der Waals surface area contributed by atoms with Gasteiger partial charge in [-0.25, -0.2) is 0 Å². The lowest BCUT2D eigenvalue weighted by Gasteiger charge is -2.28. The van der Waals surface area contributed by atoms with Crippen LogP contribution in [-0.4, -0.2) is 13.2 Å². The van der Waals surface area contributed by atoms with E-state index in [4.69, 9.17) is 9.05 Å². The van der Waals surface area contributed by atoms with E-state index in [1.807, 2.05) is 0 Å². The molecule has 4 heteroatoms. The van der Waals surface area contributed by atoms with Gasteiger partial charge in [-0.2, -0.15) is 0 Å². The second-order valence-electron chi connectivity index (χ2n) is 5.70. The lowest BCUT2D eigenvalue weighted by Crippen LogP contribution is -2.24. The molecule has 0 saturated heterocycles. The standard InChI is InChI=1S/C16H34O3P/c1-5-9-11-12-14-18-20(17)19-15-16(7-3,8-4)13-10-6-2/h5-15H2,1-4H3/q+1. The first kappa shape index (κ1) is 20.0. The topological polar surface area (TPSA) is 35.5 Å². The summed E-state index contributed by atoms with van der Waals surface area (Å²) >= 11 is 0. The molecule has 0 amide bonds. The largest absolute Gasteiger partial charge is 0.697 e. The van der Waals surface area contributed by atoms with Gasteiger partial charge in [-0.3, -0.25) is 0 Å². The van der Waals surface area contributed by atoms with Crippen LogP contribution in [0, 0.1) is 5.41 Å². The molecule has 0 aromatic carbocycles. The third kappa shape index (κ3) is 9.05. The van der Waals surface area contributed by atoms with E-state index in [-0.39, 0.29) is 5.41 Å². The van der Waals surface area contributed by atoms with Gasteiger partial charge in [-0.15, -0.1) is 9.05 Å². The maximum Gasteiger partial charge on any atom is 0.697 e. The smallest absolute Gasteiger partial charge is 0.119 e. The summed E-state index contributed by atoms with van der Waals surface area (Å²) in [5.41, 5.74) is 0.173. The molecule has 0 radical (unpaired) electrons. The van der Waals surface area contributed by atoms with Gasteiger partial charge in [0, 0.05) is 4.57 Å². The van der Waals surface area contributed by atoms with Gasteiger partial charge in [-0.1, -0.05) is 59.8 Å². The van der Waals surface area contributed by atoms with Crippen molar-refractivity contribution in [3.63, 3.8) is 0 Å². The normalized spacial score (nSPS) is 12.7. The second-order valence-corrected chi connectivity index (χ2v) is 6.67. The van der Waals surface area contributed by atoms with Crippen LogP contribution in [0.25, 0.3) is 0 Å². The molecule has 0 fully saturated rings. The van der Waals surface area contributed by atoms with Crippen LogP contribution in [0.4, 0.5) is 0 Å². The van der Waals surface area contributed by atoms with Crippen LogP contribution in [0.2, 0.25) is 0 Å². The van der Waals surface area contributed by atoms with E-state index in [9.17, 15) is 4.57 Å². The zero-order valence-electron chi connectivity index (χ0n) is 14.0. The van der Waals surface area contributed by atoms with E-state index in [0.717, 1.165) is 32.1 Å². The molecule has 0 aliphatic rings. The minimum atomic E-state index is -1.94. The van der Waals surface area contributed by atoms with E-state index >= 15 is 0 Å². The molecule has 20 heavy (non-hydrogen) atoms. The Balaban J connectivity index is 3.92. The maximum absolute atomic E-state index is 11.7. The van der Waals surface area contributed by atoms with E-state index in [2.05, 4.69) is 27.7 Å². The van der Waals surface area contributed by atoms with Crippen molar-refractivity contribution in [2.75, 3.05) is 13.2 Å². The van der Waals surface area contributed by atoms with Crippen molar-refractivity contribution in [2.45, 2.75) is 85.5 Å². The molecule has 1 atom stereocenters. The molecular weight excluding hydrogens is 271 g/mol. The Bertz CT molecular complexity index is 240. The molecule has 0 aromatic heterocycles. The summed E-state index contributed by atoms with van der Waals surface area (Å²) in [6, 6.07) is 0. The molecule has 3 nitrogen and oxygen atoms in total. The zero-order chi connectivity index (χ0) is 15.3. The van der Waals surface area contributed by atoms with Gasteiger partial charge in [0.25, 0.3) is 0 Å². The Hall–Kier alpha value is 0.0200. The van der Waals surface area contributed by atoms with E-state index in [1.165, 1.54) is 25.7 Å². The Morgan fingerprint density at radius 1 is 0.850 bits per heavy atom. The van der Waals surface area contributed by atoms with E-state index < -0.39 is 8.25 Å². The van der Waals surface area contributed by atoms with Crippen molar-refractivity contribution in [3.8, 4) is 0 Å². The van der Waals surface area contributed by atoms with Gasteiger partial charge >= 0.3 is 8.25 Å². The van der Waals surface area contributed by atoms with Gasteiger partial charge in [-0.05, 0) is 31.1 Å². The van der Waals surface area contributed by atoms with Gasteiger partial charge in [0.15, 0.2) is 0 Å². The van der Waals surface area contributed by atoms with Gasteiger partial charge in [0.1, 0.15) is 13.2 Å². The van der Waals surface area contributed by atoms with Gasteiger partial charge < -0.3 is 0 Å². The van der Waals surface area contributed by atoms with Gasteiger partial charge in [0.05, 0.1) is 0 Å². The predicted molar refractivity (Wildman–Crippen MR) is 86.2 cm³/mol. The molecule has 0 saturated carbocycles. The zero-order valence-corrected chi connectivity index (χ0v) is 14.8. The second kappa shape index (κ2) is 12.7. The molecule has 0 aromatic rings. The van der Waals surface area contributed by atoms with E-state index in [0.29, 0.717) is 13.2 Å². The van der Waals surface area contributed by atoms with Crippen molar-refractivity contribution < 1.29 is 13.6 Å². The molecule has 120 valence electrons. The Labute approximate surface area is 126 Å². The summed E-state index contributed by atoms with van der Waals surface area (Å²) in [4.78, 5) is 0. The molecule has 0 bridgehead atoms. The maximum atomic E-state index is 11.7. The fourth-order valence-electron chi connectivity index (χ4n) is 2.33. The summed E-state index contributed by atoms with van der Waals surface area (Å²) in [5, 5.41) is 0. The van der Waals surface area contributed by atoms with E-state index in [1.54, 1.807) is 0 Å². The molecule has 0 N–H and O–H groups in total. The SMILES string of the molecule is CCCCCCO[P+](=O)OCC(CC)(CC)CCCC. The quantitative estimate of drug-likeness (QED) is 0.281. The lowest BCUT2D eigenvalue weighted by atomic mass is 9.79. The van der Waals surface area contributed by atoms with Crippen LogP contribution in [0.3, 0.4) is 0 Å². The summed E-state index contributed by atoms with van der Waals surface area (Å²) in [5.74, 6) is 0.